The summed E-state index contributed by atoms with van der Waals surface area (Å²) in [4.78, 5) is 5.78. The molecule has 0 aliphatic heterocycles. The predicted molar refractivity (Wildman–Crippen MR) is 67.0 cm³/mol. The second-order valence-electron chi connectivity index (χ2n) is 4.78. The molecular weight excluding hydrogens is 218 g/mol. The average molecular weight is 235 g/mol. The standard InChI is InChI=1S/C12H17N3S/c1-2-13-9-12(3-4-12)7-10-8-15-5-6-16-11(15)14-10/h5-6,8,13H,2-4,7,9H2,1H3. The van der Waals surface area contributed by atoms with Crippen LogP contribution in [0, 0.1) is 5.41 Å². The Labute approximate surface area is 99.5 Å². The third-order valence-electron chi connectivity index (χ3n) is 3.41. The third kappa shape index (κ3) is 1.87. The van der Waals surface area contributed by atoms with Crippen molar-refractivity contribution in [1.82, 2.24) is 14.7 Å². The molecule has 0 saturated heterocycles. The first kappa shape index (κ1) is 10.3. The minimum atomic E-state index is 0.514. The van der Waals surface area contributed by atoms with Gasteiger partial charge in [0.2, 0.25) is 0 Å². The van der Waals surface area contributed by atoms with Crippen molar-refractivity contribution in [2.75, 3.05) is 13.1 Å². The monoisotopic (exact) mass is 235 g/mol. The molecule has 1 N–H and O–H groups in total. The first-order chi connectivity index (χ1) is 7.81. The Balaban J connectivity index is 1.72. The number of fused-ring (bicyclic) bond motifs is 1. The van der Waals surface area contributed by atoms with Gasteiger partial charge < -0.3 is 5.32 Å². The quantitative estimate of drug-likeness (QED) is 0.862. The lowest BCUT2D eigenvalue weighted by molar-refractivity contribution is 0.459. The Bertz CT molecular complexity index is 453. The van der Waals surface area contributed by atoms with Gasteiger partial charge in [-0.1, -0.05) is 6.92 Å². The number of nitrogens with zero attached hydrogens (tertiary/aromatic N) is 2. The summed E-state index contributed by atoms with van der Waals surface area (Å²) in [5.41, 5.74) is 1.77. The summed E-state index contributed by atoms with van der Waals surface area (Å²) in [5.74, 6) is 0. The summed E-state index contributed by atoms with van der Waals surface area (Å²) in [7, 11) is 0. The number of hydrogen-bond donors (Lipinski definition) is 1. The lowest BCUT2D eigenvalue weighted by atomic mass is 10.0. The summed E-state index contributed by atoms with van der Waals surface area (Å²) in [6.45, 7) is 4.39. The summed E-state index contributed by atoms with van der Waals surface area (Å²) in [5, 5.41) is 5.55. The van der Waals surface area contributed by atoms with E-state index < -0.39 is 0 Å². The number of thiazole rings is 1. The fraction of sp³-hybridized carbons (Fsp3) is 0.583. The molecule has 0 bridgehead atoms. The number of aromatic nitrogens is 2. The highest BCUT2D eigenvalue weighted by molar-refractivity contribution is 7.15. The normalized spacial score (nSPS) is 18.1. The molecule has 1 fully saturated rings. The zero-order valence-corrected chi connectivity index (χ0v) is 10.4. The van der Waals surface area contributed by atoms with Gasteiger partial charge >= 0.3 is 0 Å². The fourth-order valence-corrected chi connectivity index (χ4v) is 2.95. The van der Waals surface area contributed by atoms with Crippen LogP contribution in [-0.2, 0) is 6.42 Å². The van der Waals surface area contributed by atoms with Crippen molar-refractivity contribution in [2.24, 2.45) is 5.41 Å². The van der Waals surface area contributed by atoms with E-state index in [1.54, 1.807) is 11.3 Å². The van der Waals surface area contributed by atoms with E-state index in [0.717, 1.165) is 24.5 Å². The Morgan fingerprint density at radius 1 is 1.56 bits per heavy atom. The third-order valence-corrected chi connectivity index (χ3v) is 4.18. The van der Waals surface area contributed by atoms with Crippen molar-refractivity contribution in [1.29, 1.82) is 0 Å². The lowest BCUT2D eigenvalue weighted by Crippen LogP contribution is -2.25. The molecule has 0 radical (unpaired) electrons. The van der Waals surface area contributed by atoms with Crippen molar-refractivity contribution in [2.45, 2.75) is 26.2 Å². The van der Waals surface area contributed by atoms with E-state index in [-0.39, 0.29) is 0 Å². The van der Waals surface area contributed by atoms with Crippen LogP contribution in [-0.4, -0.2) is 22.5 Å². The molecule has 3 nitrogen and oxygen atoms in total. The zero-order valence-electron chi connectivity index (χ0n) is 9.57. The molecule has 3 rings (SSSR count). The van der Waals surface area contributed by atoms with Crippen LogP contribution in [0.2, 0.25) is 0 Å². The highest BCUT2D eigenvalue weighted by Gasteiger charge is 2.42. The number of imidazole rings is 1. The van der Waals surface area contributed by atoms with Crippen LogP contribution < -0.4 is 5.32 Å². The first-order valence-electron chi connectivity index (χ1n) is 5.93. The minimum absolute atomic E-state index is 0.514. The zero-order chi connectivity index (χ0) is 11.0. The molecule has 16 heavy (non-hydrogen) atoms. The van der Waals surface area contributed by atoms with Crippen molar-refractivity contribution < 1.29 is 0 Å². The van der Waals surface area contributed by atoms with Gasteiger partial charge in [0.15, 0.2) is 4.96 Å². The van der Waals surface area contributed by atoms with Crippen molar-refractivity contribution in [3.63, 3.8) is 0 Å². The van der Waals surface area contributed by atoms with Crippen molar-refractivity contribution >= 4 is 16.3 Å². The molecular formula is C12H17N3S. The van der Waals surface area contributed by atoms with E-state index in [1.807, 2.05) is 0 Å². The van der Waals surface area contributed by atoms with Gasteiger partial charge in [0.25, 0.3) is 0 Å². The maximum Gasteiger partial charge on any atom is 0.193 e. The van der Waals surface area contributed by atoms with Crippen LogP contribution in [0.5, 0.6) is 0 Å². The van der Waals surface area contributed by atoms with Crippen LogP contribution in [0.4, 0.5) is 0 Å². The van der Waals surface area contributed by atoms with Gasteiger partial charge in [0, 0.05) is 24.3 Å². The van der Waals surface area contributed by atoms with Crippen LogP contribution in [0.1, 0.15) is 25.5 Å². The lowest BCUT2D eigenvalue weighted by Gasteiger charge is -2.13. The van der Waals surface area contributed by atoms with Gasteiger partial charge in [0.05, 0.1) is 5.69 Å². The van der Waals surface area contributed by atoms with Crippen LogP contribution in [0.15, 0.2) is 17.8 Å². The van der Waals surface area contributed by atoms with Gasteiger partial charge in [-0.15, -0.1) is 11.3 Å². The minimum Gasteiger partial charge on any atom is -0.316 e. The second kappa shape index (κ2) is 3.86. The molecule has 2 heterocycles. The van der Waals surface area contributed by atoms with Gasteiger partial charge in [-0.05, 0) is 31.2 Å². The molecule has 1 aliphatic carbocycles. The number of nitrogens with one attached hydrogen (secondary N) is 1. The molecule has 2 aromatic heterocycles. The Morgan fingerprint density at radius 2 is 2.44 bits per heavy atom. The topological polar surface area (TPSA) is 29.3 Å². The molecule has 1 saturated carbocycles. The molecule has 4 heteroatoms. The summed E-state index contributed by atoms with van der Waals surface area (Å²) < 4.78 is 2.13. The Morgan fingerprint density at radius 3 is 3.12 bits per heavy atom. The van der Waals surface area contributed by atoms with Crippen LogP contribution in [0.3, 0.4) is 0 Å². The highest BCUT2D eigenvalue weighted by Crippen LogP contribution is 2.47. The fourth-order valence-electron chi connectivity index (χ4n) is 2.23. The van der Waals surface area contributed by atoms with Crippen molar-refractivity contribution in [3.8, 4) is 0 Å². The molecule has 0 spiro atoms. The molecule has 0 atom stereocenters. The van der Waals surface area contributed by atoms with Gasteiger partial charge in [-0.2, -0.15) is 0 Å². The van der Waals surface area contributed by atoms with Gasteiger partial charge in [-0.3, -0.25) is 4.40 Å². The Hall–Kier alpha value is -0.870. The second-order valence-corrected chi connectivity index (χ2v) is 5.66. The molecule has 0 amide bonds. The number of rotatable bonds is 5. The van der Waals surface area contributed by atoms with Gasteiger partial charge in [-0.25, -0.2) is 4.98 Å². The van der Waals surface area contributed by atoms with Gasteiger partial charge in [0.1, 0.15) is 0 Å². The van der Waals surface area contributed by atoms with E-state index in [0.29, 0.717) is 5.41 Å². The summed E-state index contributed by atoms with van der Waals surface area (Å²) in [6.07, 6.45) is 8.10. The summed E-state index contributed by atoms with van der Waals surface area (Å²) >= 11 is 1.71. The summed E-state index contributed by atoms with van der Waals surface area (Å²) in [6, 6.07) is 0. The molecule has 0 aromatic carbocycles. The largest absolute Gasteiger partial charge is 0.316 e. The molecule has 86 valence electrons. The van der Waals surface area contributed by atoms with E-state index >= 15 is 0 Å². The van der Waals surface area contributed by atoms with E-state index in [9.17, 15) is 0 Å². The number of hydrogen-bond acceptors (Lipinski definition) is 3. The van der Waals surface area contributed by atoms with Crippen LogP contribution in [0.25, 0.3) is 4.96 Å². The first-order valence-corrected chi connectivity index (χ1v) is 6.81. The SMILES string of the molecule is CCNCC1(Cc2cn3ccsc3n2)CC1. The molecule has 1 aliphatic rings. The smallest absolute Gasteiger partial charge is 0.193 e. The van der Waals surface area contributed by atoms with E-state index in [4.69, 9.17) is 0 Å². The van der Waals surface area contributed by atoms with E-state index in [1.165, 1.54) is 18.5 Å². The highest BCUT2D eigenvalue weighted by atomic mass is 32.1. The molecule has 0 unspecified atom stereocenters. The maximum atomic E-state index is 4.66. The molecule has 2 aromatic rings. The maximum absolute atomic E-state index is 4.66. The Kier molecular flexibility index (Phi) is 2.48. The van der Waals surface area contributed by atoms with Crippen LogP contribution >= 0.6 is 11.3 Å². The predicted octanol–water partition coefficient (Wildman–Crippen LogP) is 2.33. The average Bonchev–Trinajstić information content (AvgIpc) is 2.69. The van der Waals surface area contributed by atoms with Crippen molar-refractivity contribution in [3.05, 3.63) is 23.5 Å². The van der Waals surface area contributed by atoms with E-state index in [2.05, 4.69) is 39.4 Å².